The molecule has 0 bridgehead atoms. The molecule has 1 saturated heterocycles. The van der Waals surface area contributed by atoms with Gasteiger partial charge in [-0.15, -0.1) is 0 Å². The van der Waals surface area contributed by atoms with E-state index in [2.05, 4.69) is 48.0 Å². The molecule has 5 heteroatoms. The quantitative estimate of drug-likeness (QED) is 0.900. The van der Waals surface area contributed by atoms with Gasteiger partial charge in [0.15, 0.2) is 0 Å². The minimum Gasteiger partial charge on any atom is -0.312 e. The van der Waals surface area contributed by atoms with Gasteiger partial charge in [0.2, 0.25) is 0 Å². The maximum absolute atomic E-state index is 4.39. The van der Waals surface area contributed by atoms with Crippen molar-refractivity contribution in [2.75, 3.05) is 19.6 Å². The number of aryl methyl sites for hydroxylation is 1. The van der Waals surface area contributed by atoms with Crippen molar-refractivity contribution in [2.45, 2.75) is 53.2 Å². The van der Waals surface area contributed by atoms with Gasteiger partial charge in [0.25, 0.3) is 0 Å². The molecule has 108 valence electrons. The molecule has 1 aliphatic heterocycles. The van der Waals surface area contributed by atoms with Crippen molar-refractivity contribution < 1.29 is 0 Å². The fraction of sp³-hybridized carbons (Fsp3) is 0.857. The third kappa shape index (κ3) is 3.76. The molecular formula is C14H27N5. The summed E-state index contributed by atoms with van der Waals surface area (Å²) in [7, 11) is 0. The second-order valence-corrected chi connectivity index (χ2v) is 6.45. The summed E-state index contributed by atoms with van der Waals surface area (Å²) in [4.78, 5) is 6.89. The van der Waals surface area contributed by atoms with Gasteiger partial charge in [-0.2, -0.15) is 5.10 Å². The average molecular weight is 265 g/mol. The Morgan fingerprint density at radius 2 is 2.21 bits per heavy atom. The highest BCUT2D eigenvalue weighted by atomic mass is 15.3. The van der Waals surface area contributed by atoms with Crippen LogP contribution < -0.4 is 5.32 Å². The van der Waals surface area contributed by atoms with E-state index in [0.717, 1.165) is 38.5 Å². The van der Waals surface area contributed by atoms with Crippen LogP contribution in [0.4, 0.5) is 0 Å². The molecule has 0 radical (unpaired) electrons. The minimum atomic E-state index is 0.293. The number of nitrogens with zero attached hydrogens (tertiary/aromatic N) is 4. The fourth-order valence-electron chi connectivity index (χ4n) is 2.59. The molecule has 0 aromatic carbocycles. The molecule has 19 heavy (non-hydrogen) atoms. The summed E-state index contributed by atoms with van der Waals surface area (Å²) >= 11 is 0. The van der Waals surface area contributed by atoms with Crippen molar-refractivity contribution in [2.24, 2.45) is 5.41 Å². The van der Waals surface area contributed by atoms with Crippen LogP contribution in [0.25, 0.3) is 0 Å². The Bertz CT molecular complexity index is 393. The molecule has 0 saturated carbocycles. The van der Waals surface area contributed by atoms with E-state index in [-0.39, 0.29) is 0 Å². The Balaban J connectivity index is 2.03. The number of hydrogen-bond donors (Lipinski definition) is 1. The smallest absolute Gasteiger partial charge is 0.140 e. The lowest BCUT2D eigenvalue weighted by atomic mass is 9.86. The molecule has 5 nitrogen and oxygen atoms in total. The second kappa shape index (κ2) is 6.01. The summed E-state index contributed by atoms with van der Waals surface area (Å²) in [6.07, 6.45) is 2.86. The monoisotopic (exact) mass is 265 g/mol. The summed E-state index contributed by atoms with van der Waals surface area (Å²) in [6, 6.07) is 0.535. The first-order valence-electron chi connectivity index (χ1n) is 7.33. The highest BCUT2D eigenvalue weighted by Gasteiger charge is 2.28. The van der Waals surface area contributed by atoms with Crippen molar-refractivity contribution >= 4 is 0 Å². The van der Waals surface area contributed by atoms with Crippen molar-refractivity contribution in [1.82, 2.24) is 25.0 Å². The summed E-state index contributed by atoms with van der Waals surface area (Å²) in [5.41, 5.74) is 0.293. The molecule has 1 unspecified atom stereocenters. The van der Waals surface area contributed by atoms with Gasteiger partial charge in [-0.05, 0) is 31.8 Å². The molecule has 1 aromatic heterocycles. The highest BCUT2D eigenvalue weighted by Crippen LogP contribution is 2.22. The standard InChI is InChI=1S/C14H27N5/c1-5-19-13(16-11-17-19)10-18-8-6-7-15-12(9-18)14(2,3)4/h11-12,15H,5-10H2,1-4H3. The molecular weight excluding hydrogens is 238 g/mol. The van der Waals surface area contributed by atoms with Gasteiger partial charge >= 0.3 is 0 Å². The lowest BCUT2D eigenvalue weighted by Crippen LogP contribution is -2.46. The van der Waals surface area contributed by atoms with Gasteiger partial charge in [0.1, 0.15) is 12.2 Å². The number of aromatic nitrogens is 3. The maximum Gasteiger partial charge on any atom is 0.140 e. The maximum atomic E-state index is 4.39. The molecule has 1 aromatic rings. The van der Waals surface area contributed by atoms with Crippen molar-refractivity contribution in [3.8, 4) is 0 Å². The molecule has 0 aliphatic carbocycles. The molecule has 0 spiro atoms. The average Bonchev–Trinajstić information content (AvgIpc) is 2.63. The van der Waals surface area contributed by atoms with E-state index in [1.54, 1.807) is 6.33 Å². The SMILES string of the molecule is CCn1ncnc1CN1CCCNC(C(C)(C)C)C1. The Morgan fingerprint density at radius 3 is 2.89 bits per heavy atom. The van der Waals surface area contributed by atoms with Crippen LogP contribution in [-0.2, 0) is 13.1 Å². The number of rotatable bonds is 3. The highest BCUT2D eigenvalue weighted by molar-refractivity contribution is 4.90. The molecule has 1 aliphatic rings. The largest absolute Gasteiger partial charge is 0.312 e. The van der Waals surface area contributed by atoms with Gasteiger partial charge < -0.3 is 5.32 Å². The van der Waals surface area contributed by atoms with E-state index in [0.29, 0.717) is 11.5 Å². The van der Waals surface area contributed by atoms with Crippen LogP contribution in [0.3, 0.4) is 0 Å². The van der Waals surface area contributed by atoms with Crippen LogP contribution in [0.15, 0.2) is 6.33 Å². The number of hydrogen-bond acceptors (Lipinski definition) is 4. The first-order valence-corrected chi connectivity index (χ1v) is 7.33. The van der Waals surface area contributed by atoms with Crippen molar-refractivity contribution in [3.05, 3.63) is 12.2 Å². The van der Waals surface area contributed by atoms with Crippen LogP contribution >= 0.6 is 0 Å². The van der Waals surface area contributed by atoms with Crippen LogP contribution in [0.1, 0.15) is 39.9 Å². The first kappa shape index (κ1) is 14.5. The predicted molar refractivity (Wildman–Crippen MR) is 76.8 cm³/mol. The zero-order valence-corrected chi connectivity index (χ0v) is 12.7. The van der Waals surface area contributed by atoms with Crippen LogP contribution in [-0.4, -0.2) is 45.3 Å². The Labute approximate surface area is 116 Å². The van der Waals surface area contributed by atoms with Crippen LogP contribution in [0.5, 0.6) is 0 Å². The van der Waals surface area contributed by atoms with Crippen molar-refractivity contribution in [1.29, 1.82) is 0 Å². The lowest BCUT2D eigenvalue weighted by molar-refractivity contribution is 0.187. The van der Waals surface area contributed by atoms with Crippen molar-refractivity contribution in [3.63, 3.8) is 0 Å². The van der Waals surface area contributed by atoms with E-state index in [1.807, 2.05) is 4.68 Å². The van der Waals surface area contributed by atoms with Gasteiger partial charge in [-0.1, -0.05) is 20.8 Å². The van der Waals surface area contributed by atoms with Crippen LogP contribution in [0, 0.1) is 5.41 Å². The van der Waals surface area contributed by atoms with Crippen LogP contribution in [0.2, 0.25) is 0 Å². The summed E-state index contributed by atoms with van der Waals surface area (Å²) in [6.45, 7) is 14.2. The van der Waals surface area contributed by atoms with Gasteiger partial charge in [-0.25, -0.2) is 9.67 Å². The zero-order chi connectivity index (χ0) is 13.9. The third-order valence-electron chi connectivity index (χ3n) is 3.89. The lowest BCUT2D eigenvalue weighted by Gasteiger charge is -2.33. The van der Waals surface area contributed by atoms with Gasteiger partial charge in [-0.3, -0.25) is 4.90 Å². The predicted octanol–water partition coefficient (Wildman–Crippen LogP) is 1.51. The molecule has 1 N–H and O–H groups in total. The van der Waals surface area contributed by atoms with Gasteiger partial charge in [0.05, 0.1) is 6.54 Å². The van der Waals surface area contributed by atoms with Gasteiger partial charge in [0, 0.05) is 19.1 Å². The fourth-order valence-corrected chi connectivity index (χ4v) is 2.59. The second-order valence-electron chi connectivity index (χ2n) is 6.45. The zero-order valence-electron chi connectivity index (χ0n) is 12.7. The number of nitrogens with one attached hydrogen (secondary N) is 1. The Hall–Kier alpha value is -0.940. The summed E-state index contributed by atoms with van der Waals surface area (Å²) < 4.78 is 1.99. The molecule has 0 amide bonds. The topological polar surface area (TPSA) is 46.0 Å². The van der Waals surface area contributed by atoms with E-state index >= 15 is 0 Å². The minimum absolute atomic E-state index is 0.293. The van der Waals surface area contributed by atoms with E-state index < -0.39 is 0 Å². The normalized spacial score (nSPS) is 22.4. The molecule has 2 heterocycles. The van der Waals surface area contributed by atoms with E-state index in [9.17, 15) is 0 Å². The summed E-state index contributed by atoms with van der Waals surface area (Å²) in [5.74, 6) is 1.08. The third-order valence-corrected chi connectivity index (χ3v) is 3.89. The molecule has 1 fully saturated rings. The van der Waals surface area contributed by atoms with E-state index in [4.69, 9.17) is 0 Å². The summed E-state index contributed by atoms with van der Waals surface area (Å²) in [5, 5.41) is 7.93. The molecule has 2 rings (SSSR count). The van der Waals surface area contributed by atoms with E-state index in [1.165, 1.54) is 6.42 Å². The Morgan fingerprint density at radius 1 is 1.42 bits per heavy atom. The first-order chi connectivity index (χ1) is 9.00. The molecule has 1 atom stereocenters. The Kier molecular flexibility index (Phi) is 4.58.